The second kappa shape index (κ2) is 2.66. The van der Waals surface area contributed by atoms with E-state index in [2.05, 4.69) is 0 Å². The van der Waals surface area contributed by atoms with Crippen molar-refractivity contribution >= 4 is 25.0 Å². The molecule has 11 heavy (non-hydrogen) atoms. The predicted molar refractivity (Wildman–Crippen MR) is 46.0 cm³/mol. The Balaban J connectivity index is 3.20. The van der Waals surface area contributed by atoms with Gasteiger partial charge in [0.1, 0.15) is 7.85 Å². The minimum Gasteiger partial charge on any atom is -0.478 e. The van der Waals surface area contributed by atoms with E-state index in [0.717, 1.165) is 5.46 Å². The van der Waals surface area contributed by atoms with Gasteiger partial charge in [0.15, 0.2) is 0 Å². The smallest absolute Gasteiger partial charge is 0.337 e. The molecule has 0 fully saturated rings. The Morgan fingerprint density at radius 2 is 2.18 bits per heavy atom. The third-order valence-electron chi connectivity index (χ3n) is 1.44. The fourth-order valence-corrected chi connectivity index (χ4v) is 0.877. The number of rotatable bonds is 1. The van der Waals surface area contributed by atoms with Crippen molar-refractivity contribution in [1.29, 1.82) is 0 Å². The van der Waals surface area contributed by atoms with Crippen molar-refractivity contribution in [3.8, 4) is 0 Å². The lowest BCUT2D eigenvalue weighted by Gasteiger charge is -2.00. The van der Waals surface area contributed by atoms with Gasteiger partial charge in [-0.3, -0.25) is 0 Å². The van der Waals surface area contributed by atoms with Gasteiger partial charge in [-0.25, -0.2) is 4.79 Å². The summed E-state index contributed by atoms with van der Waals surface area (Å²) in [5, 5.41) is 8.58. The first-order valence-electron chi connectivity index (χ1n) is 3.20. The summed E-state index contributed by atoms with van der Waals surface area (Å²) in [5.74, 6) is -0.984. The van der Waals surface area contributed by atoms with E-state index in [1.165, 1.54) is 6.07 Å². The standard InChI is InChI=1S/C7H8BNO2/c8-4-1-2-5(7(10)11)6(9)3-4/h1-3H,8-9H2,(H,10,11). The maximum Gasteiger partial charge on any atom is 0.337 e. The van der Waals surface area contributed by atoms with Gasteiger partial charge in [0.25, 0.3) is 0 Å². The molecule has 3 nitrogen and oxygen atoms in total. The Labute approximate surface area is 65.2 Å². The molecule has 1 rings (SSSR count). The first-order valence-corrected chi connectivity index (χ1v) is 3.20. The van der Waals surface area contributed by atoms with Crippen molar-refractivity contribution in [3.63, 3.8) is 0 Å². The second-order valence-corrected chi connectivity index (χ2v) is 2.40. The van der Waals surface area contributed by atoms with Crippen LogP contribution in [0.1, 0.15) is 10.4 Å². The number of carboxylic acids is 1. The Morgan fingerprint density at radius 1 is 1.55 bits per heavy atom. The highest BCUT2D eigenvalue weighted by atomic mass is 16.4. The van der Waals surface area contributed by atoms with Crippen LogP contribution in [0.2, 0.25) is 0 Å². The van der Waals surface area contributed by atoms with E-state index in [9.17, 15) is 4.79 Å². The monoisotopic (exact) mass is 149 g/mol. The zero-order valence-electron chi connectivity index (χ0n) is 6.16. The van der Waals surface area contributed by atoms with Crippen LogP contribution in [0, 0.1) is 0 Å². The molecule has 0 amide bonds. The molecule has 4 heteroatoms. The Kier molecular flexibility index (Phi) is 1.85. The topological polar surface area (TPSA) is 63.3 Å². The van der Waals surface area contributed by atoms with Crippen LogP contribution in [0.5, 0.6) is 0 Å². The van der Waals surface area contributed by atoms with Crippen LogP contribution in [0.3, 0.4) is 0 Å². The Bertz CT molecular complexity index is 298. The lowest BCUT2D eigenvalue weighted by Crippen LogP contribution is -2.08. The normalized spacial score (nSPS) is 9.45. The van der Waals surface area contributed by atoms with Crippen molar-refractivity contribution in [3.05, 3.63) is 23.8 Å². The third kappa shape index (κ3) is 1.52. The molecule has 0 aliphatic rings. The summed E-state index contributed by atoms with van der Waals surface area (Å²) in [7, 11) is 1.86. The maximum absolute atomic E-state index is 10.5. The van der Waals surface area contributed by atoms with Gasteiger partial charge in [-0.2, -0.15) is 0 Å². The first kappa shape index (κ1) is 7.66. The van der Waals surface area contributed by atoms with E-state index in [1.807, 2.05) is 7.85 Å². The minimum atomic E-state index is -0.984. The lowest BCUT2D eigenvalue weighted by atomic mass is 9.94. The number of carbonyl (C=O) groups is 1. The number of anilines is 1. The van der Waals surface area contributed by atoms with Crippen molar-refractivity contribution < 1.29 is 9.90 Å². The summed E-state index contributed by atoms with van der Waals surface area (Å²) in [4.78, 5) is 10.5. The molecular weight excluding hydrogens is 141 g/mol. The van der Waals surface area contributed by atoms with Crippen LogP contribution >= 0.6 is 0 Å². The Hall–Kier alpha value is -1.45. The van der Waals surface area contributed by atoms with Crippen LogP contribution in [0.15, 0.2) is 18.2 Å². The van der Waals surface area contributed by atoms with Gasteiger partial charge < -0.3 is 10.8 Å². The average molecular weight is 149 g/mol. The molecule has 0 heterocycles. The van der Waals surface area contributed by atoms with Crippen LogP contribution in [0.25, 0.3) is 0 Å². The highest BCUT2D eigenvalue weighted by molar-refractivity contribution is 6.32. The summed E-state index contributed by atoms with van der Waals surface area (Å²) in [6, 6.07) is 4.87. The second-order valence-electron chi connectivity index (χ2n) is 2.40. The molecule has 0 saturated heterocycles. The fraction of sp³-hybridized carbons (Fsp3) is 0. The zero-order chi connectivity index (χ0) is 8.43. The van der Waals surface area contributed by atoms with Gasteiger partial charge in [-0.05, 0) is 12.1 Å². The van der Waals surface area contributed by atoms with Gasteiger partial charge in [0.05, 0.1) is 5.56 Å². The molecule has 1 aromatic rings. The molecular formula is C7H8BNO2. The molecule has 0 radical (unpaired) electrons. The minimum absolute atomic E-state index is 0.163. The van der Waals surface area contributed by atoms with Gasteiger partial charge >= 0.3 is 5.97 Å². The first-order chi connectivity index (χ1) is 5.11. The van der Waals surface area contributed by atoms with E-state index < -0.39 is 5.97 Å². The van der Waals surface area contributed by atoms with Crippen LogP contribution in [0.4, 0.5) is 5.69 Å². The van der Waals surface area contributed by atoms with Crippen molar-refractivity contribution in [2.24, 2.45) is 0 Å². The quantitative estimate of drug-likeness (QED) is 0.406. The zero-order valence-corrected chi connectivity index (χ0v) is 6.16. The fourth-order valence-electron chi connectivity index (χ4n) is 0.877. The SMILES string of the molecule is Bc1ccc(C(=O)O)c(N)c1. The van der Waals surface area contributed by atoms with E-state index in [1.54, 1.807) is 12.1 Å². The third-order valence-corrected chi connectivity index (χ3v) is 1.44. The van der Waals surface area contributed by atoms with Crippen molar-refractivity contribution in [2.75, 3.05) is 5.73 Å². The molecule has 0 aliphatic carbocycles. The number of hydrogen-bond acceptors (Lipinski definition) is 2. The summed E-state index contributed by atoms with van der Waals surface area (Å²) < 4.78 is 0. The number of nitrogens with two attached hydrogens (primary N) is 1. The van der Waals surface area contributed by atoms with Gasteiger partial charge in [0.2, 0.25) is 0 Å². The number of nitrogen functional groups attached to an aromatic ring is 1. The van der Waals surface area contributed by atoms with Crippen molar-refractivity contribution in [1.82, 2.24) is 0 Å². The lowest BCUT2D eigenvalue weighted by molar-refractivity contribution is 0.0698. The van der Waals surface area contributed by atoms with E-state index in [-0.39, 0.29) is 5.56 Å². The molecule has 0 aromatic heterocycles. The summed E-state index contributed by atoms with van der Waals surface area (Å²) in [6.07, 6.45) is 0. The van der Waals surface area contributed by atoms with E-state index in [0.29, 0.717) is 5.69 Å². The molecule has 0 aliphatic heterocycles. The summed E-state index contributed by atoms with van der Waals surface area (Å²) in [6.45, 7) is 0. The molecule has 3 N–H and O–H groups in total. The summed E-state index contributed by atoms with van der Waals surface area (Å²) >= 11 is 0. The molecule has 0 saturated carbocycles. The van der Waals surface area contributed by atoms with Gasteiger partial charge in [-0.15, -0.1) is 0 Å². The highest BCUT2D eigenvalue weighted by Gasteiger charge is 2.05. The number of carboxylic acid groups (broad SMARTS) is 1. The molecule has 0 unspecified atom stereocenters. The highest BCUT2D eigenvalue weighted by Crippen LogP contribution is 2.07. The predicted octanol–water partition coefficient (Wildman–Crippen LogP) is -0.775. The van der Waals surface area contributed by atoms with E-state index in [4.69, 9.17) is 10.8 Å². The van der Waals surface area contributed by atoms with Gasteiger partial charge in [-0.1, -0.05) is 11.5 Å². The number of aromatic carboxylic acids is 1. The molecule has 0 spiro atoms. The van der Waals surface area contributed by atoms with Crippen LogP contribution in [-0.4, -0.2) is 18.9 Å². The van der Waals surface area contributed by atoms with E-state index >= 15 is 0 Å². The molecule has 1 aromatic carbocycles. The summed E-state index contributed by atoms with van der Waals surface area (Å²) in [5.41, 5.74) is 6.89. The molecule has 0 atom stereocenters. The Morgan fingerprint density at radius 3 is 2.64 bits per heavy atom. The largest absolute Gasteiger partial charge is 0.478 e. The number of hydrogen-bond donors (Lipinski definition) is 2. The number of benzene rings is 1. The maximum atomic E-state index is 10.5. The molecule has 0 bridgehead atoms. The van der Waals surface area contributed by atoms with Gasteiger partial charge in [0, 0.05) is 5.69 Å². The van der Waals surface area contributed by atoms with Crippen molar-refractivity contribution in [2.45, 2.75) is 0 Å². The van der Waals surface area contributed by atoms with Crippen LogP contribution < -0.4 is 11.2 Å². The van der Waals surface area contributed by atoms with Crippen LogP contribution in [-0.2, 0) is 0 Å². The average Bonchev–Trinajstić information content (AvgIpc) is 1.85. The molecule has 56 valence electrons.